The van der Waals surface area contributed by atoms with E-state index in [1.54, 1.807) is 54.6 Å². The van der Waals surface area contributed by atoms with Gasteiger partial charge in [-0.1, -0.05) is 48.7 Å². The Hall–Kier alpha value is -4.85. The summed E-state index contributed by atoms with van der Waals surface area (Å²) in [5.74, 6) is -1.14. The van der Waals surface area contributed by atoms with Crippen molar-refractivity contribution in [1.82, 2.24) is 4.98 Å². The second-order valence-electron chi connectivity index (χ2n) is 10.9. The zero-order valence-electron chi connectivity index (χ0n) is 23.5. The summed E-state index contributed by atoms with van der Waals surface area (Å²) in [5, 5.41) is 0.616. The smallest absolute Gasteiger partial charge is 0.339 e. The molecule has 2 fully saturated rings. The number of esters is 1. The Morgan fingerprint density at radius 1 is 0.905 bits per heavy atom. The fourth-order valence-electron chi connectivity index (χ4n) is 5.94. The molecule has 212 valence electrons. The first kappa shape index (κ1) is 27.3. The molecule has 1 saturated heterocycles. The topological polar surface area (TPSA) is 103 Å². The Morgan fingerprint density at radius 2 is 1.62 bits per heavy atom. The monoisotopic (exact) mass is 562 g/mol. The summed E-state index contributed by atoms with van der Waals surface area (Å²) in [5.41, 5.74) is 3.99. The molecule has 2 atom stereocenters. The number of Topliss-reactive ketones (excluding diaryl/α,β-unsaturated/α-hetero) is 1. The number of hydrogen-bond donors (Lipinski definition) is 0. The van der Waals surface area contributed by atoms with E-state index in [9.17, 15) is 19.2 Å². The lowest BCUT2D eigenvalue weighted by molar-refractivity contribution is -0.122. The van der Waals surface area contributed by atoms with Crippen LogP contribution in [0, 0.1) is 18.8 Å². The van der Waals surface area contributed by atoms with E-state index in [-0.39, 0.29) is 35.0 Å². The summed E-state index contributed by atoms with van der Waals surface area (Å²) >= 11 is 0. The van der Waals surface area contributed by atoms with Crippen LogP contribution in [0.25, 0.3) is 22.2 Å². The number of amides is 2. The molecule has 0 unspecified atom stereocenters. The van der Waals surface area contributed by atoms with Crippen molar-refractivity contribution in [2.24, 2.45) is 11.8 Å². The Labute approximate surface area is 243 Å². The number of hydrogen-bond acceptors (Lipinski definition) is 7. The highest BCUT2D eigenvalue weighted by atomic mass is 16.5. The maximum Gasteiger partial charge on any atom is 0.339 e. The van der Waals surface area contributed by atoms with Gasteiger partial charge in [-0.25, -0.2) is 9.78 Å². The lowest BCUT2D eigenvalue weighted by Crippen LogP contribution is -2.30. The molecule has 0 radical (unpaired) electrons. The van der Waals surface area contributed by atoms with Crippen LogP contribution < -0.4 is 9.64 Å². The van der Waals surface area contributed by atoms with E-state index < -0.39 is 12.6 Å². The van der Waals surface area contributed by atoms with Crippen molar-refractivity contribution in [3.63, 3.8) is 0 Å². The Bertz CT molecular complexity index is 1700. The number of ether oxygens (including phenoxy) is 2. The van der Waals surface area contributed by atoms with Crippen LogP contribution in [-0.2, 0) is 14.3 Å². The van der Waals surface area contributed by atoms with Gasteiger partial charge in [-0.3, -0.25) is 19.3 Å². The van der Waals surface area contributed by atoms with Gasteiger partial charge in [0.25, 0.3) is 0 Å². The second kappa shape index (κ2) is 11.2. The molecule has 8 nitrogen and oxygen atoms in total. The number of imide groups is 1. The number of aromatic nitrogens is 1. The quantitative estimate of drug-likeness (QED) is 0.156. The van der Waals surface area contributed by atoms with Crippen molar-refractivity contribution in [2.45, 2.75) is 32.6 Å². The summed E-state index contributed by atoms with van der Waals surface area (Å²) in [7, 11) is 1.52. The highest BCUT2D eigenvalue weighted by Gasteiger charge is 2.48. The minimum atomic E-state index is -0.641. The molecule has 1 aromatic heterocycles. The van der Waals surface area contributed by atoms with Crippen LogP contribution in [0.15, 0.2) is 72.8 Å². The van der Waals surface area contributed by atoms with Crippen LogP contribution in [-0.4, -0.2) is 42.3 Å². The Balaban J connectivity index is 1.27. The molecular weight excluding hydrogens is 532 g/mol. The van der Waals surface area contributed by atoms with Crippen LogP contribution >= 0.6 is 0 Å². The maximum atomic E-state index is 13.3. The van der Waals surface area contributed by atoms with Gasteiger partial charge in [0.15, 0.2) is 12.4 Å². The van der Waals surface area contributed by atoms with Crippen molar-refractivity contribution in [2.75, 3.05) is 18.6 Å². The van der Waals surface area contributed by atoms with Gasteiger partial charge in [0.05, 0.1) is 41.4 Å². The van der Waals surface area contributed by atoms with Gasteiger partial charge in [-0.2, -0.15) is 0 Å². The summed E-state index contributed by atoms with van der Waals surface area (Å²) in [6.07, 6.45) is 3.46. The molecular formula is C34H30N2O6. The molecule has 0 bridgehead atoms. The predicted octanol–water partition coefficient (Wildman–Crippen LogP) is 5.94. The number of pyridine rings is 1. The first-order valence-electron chi connectivity index (χ1n) is 14.1. The minimum absolute atomic E-state index is 0.120. The number of fused-ring (bicyclic) bond motifs is 2. The summed E-state index contributed by atoms with van der Waals surface area (Å²) in [6.45, 7) is 1.50. The number of carbonyl (C=O) groups excluding carboxylic acids is 4. The molecule has 2 aliphatic rings. The minimum Gasteiger partial charge on any atom is -0.497 e. The van der Waals surface area contributed by atoms with Crippen molar-refractivity contribution in [3.8, 4) is 17.0 Å². The van der Waals surface area contributed by atoms with Crippen molar-refractivity contribution < 1.29 is 28.7 Å². The second-order valence-corrected chi connectivity index (χ2v) is 10.9. The molecule has 1 saturated carbocycles. The fourth-order valence-corrected chi connectivity index (χ4v) is 5.94. The highest BCUT2D eigenvalue weighted by Crippen LogP contribution is 2.40. The number of ketones is 1. The number of nitrogens with zero attached hydrogens (tertiary/aromatic N) is 2. The number of carbonyl (C=O) groups is 4. The molecule has 2 heterocycles. The third kappa shape index (κ3) is 5.04. The van der Waals surface area contributed by atoms with Gasteiger partial charge in [0.1, 0.15) is 5.75 Å². The summed E-state index contributed by atoms with van der Waals surface area (Å²) in [6, 6.07) is 21.0. The lowest BCUT2D eigenvalue weighted by atomic mass is 9.81. The number of rotatable bonds is 7. The number of benzene rings is 3. The number of methoxy groups -OCH3 is 1. The van der Waals surface area contributed by atoms with Crippen molar-refractivity contribution in [1.29, 1.82) is 0 Å². The van der Waals surface area contributed by atoms with Crippen LogP contribution in [0.2, 0.25) is 0 Å². The lowest BCUT2D eigenvalue weighted by Gasteiger charge is -2.19. The number of aryl methyl sites for hydroxylation is 1. The molecule has 8 heteroatoms. The predicted molar refractivity (Wildman–Crippen MR) is 157 cm³/mol. The van der Waals surface area contributed by atoms with Crippen molar-refractivity contribution in [3.05, 3.63) is 89.5 Å². The molecule has 3 aromatic carbocycles. The van der Waals surface area contributed by atoms with Gasteiger partial charge < -0.3 is 9.47 Å². The summed E-state index contributed by atoms with van der Waals surface area (Å²) in [4.78, 5) is 58.2. The fraction of sp³-hybridized carbons (Fsp3) is 0.265. The van der Waals surface area contributed by atoms with E-state index >= 15 is 0 Å². The van der Waals surface area contributed by atoms with Gasteiger partial charge in [0.2, 0.25) is 11.8 Å². The maximum absolute atomic E-state index is 13.3. The van der Waals surface area contributed by atoms with E-state index in [0.29, 0.717) is 39.2 Å². The van der Waals surface area contributed by atoms with Gasteiger partial charge in [-0.05, 0) is 62.2 Å². The first-order valence-corrected chi connectivity index (χ1v) is 14.1. The van der Waals surface area contributed by atoms with Crippen LogP contribution in [0.4, 0.5) is 5.69 Å². The van der Waals surface area contributed by atoms with Crippen LogP contribution in [0.3, 0.4) is 0 Å². The van der Waals surface area contributed by atoms with E-state index in [1.165, 1.54) is 12.0 Å². The van der Waals surface area contributed by atoms with Crippen LogP contribution in [0.1, 0.15) is 52.0 Å². The molecule has 0 N–H and O–H groups in total. The third-order valence-corrected chi connectivity index (χ3v) is 8.17. The van der Waals surface area contributed by atoms with E-state index in [2.05, 4.69) is 0 Å². The highest BCUT2D eigenvalue weighted by molar-refractivity contribution is 6.22. The Morgan fingerprint density at radius 3 is 2.31 bits per heavy atom. The average molecular weight is 563 g/mol. The normalized spacial score (nSPS) is 18.2. The standard InChI is InChI=1S/C34H30N2O6/c1-20-10-15-29-27(16-20)28(34(40)42-19-31(37)22-6-5-7-24(17-22)41-2)18-30(35-29)21-11-13-23(14-12-21)36-32(38)25-8-3-4-9-26(25)33(36)39/h5-7,10-18,25-26H,3-4,8-9,19H2,1-2H3/t25-,26-/m0/s1. The molecule has 0 spiro atoms. The molecule has 4 aromatic rings. The van der Waals surface area contributed by atoms with E-state index in [4.69, 9.17) is 14.5 Å². The largest absolute Gasteiger partial charge is 0.497 e. The SMILES string of the molecule is COc1cccc(C(=O)COC(=O)c2cc(-c3ccc(N4C(=O)[C@H]5CCCC[C@@H]5C4=O)cc3)nc3ccc(C)cc23)c1. The van der Waals surface area contributed by atoms with E-state index in [1.807, 2.05) is 25.1 Å². The summed E-state index contributed by atoms with van der Waals surface area (Å²) < 4.78 is 10.7. The van der Waals surface area contributed by atoms with Crippen LogP contribution in [0.5, 0.6) is 5.75 Å². The molecule has 6 rings (SSSR count). The van der Waals surface area contributed by atoms with Gasteiger partial charge >= 0.3 is 5.97 Å². The first-order chi connectivity index (χ1) is 20.3. The Kier molecular flexibility index (Phi) is 7.29. The molecule has 2 amide bonds. The van der Waals surface area contributed by atoms with Gasteiger partial charge in [-0.15, -0.1) is 0 Å². The number of anilines is 1. The zero-order chi connectivity index (χ0) is 29.4. The van der Waals surface area contributed by atoms with Gasteiger partial charge in [0, 0.05) is 16.5 Å². The van der Waals surface area contributed by atoms with E-state index in [0.717, 1.165) is 31.2 Å². The molecule has 1 aliphatic carbocycles. The molecule has 1 aliphatic heterocycles. The zero-order valence-corrected chi connectivity index (χ0v) is 23.5. The molecule has 42 heavy (non-hydrogen) atoms. The van der Waals surface area contributed by atoms with Crippen molar-refractivity contribution >= 4 is 40.2 Å². The average Bonchev–Trinajstić information content (AvgIpc) is 3.28. The third-order valence-electron chi connectivity index (χ3n) is 8.17.